The molecule has 0 aliphatic heterocycles. The van der Waals surface area contributed by atoms with Gasteiger partial charge in [-0.25, -0.2) is 4.79 Å². The highest BCUT2D eigenvalue weighted by molar-refractivity contribution is 9.10. The molecule has 8 nitrogen and oxygen atoms in total. The van der Waals surface area contributed by atoms with Crippen molar-refractivity contribution in [2.75, 3.05) is 11.1 Å². The Balaban J connectivity index is 2.04. The predicted molar refractivity (Wildman–Crippen MR) is 95.2 cm³/mol. The summed E-state index contributed by atoms with van der Waals surface area (Å²) in [6.07, 6.45) is -1.08. The molecule has 0 aliphatic carbocycles. The SMILES string of the molecule is C[C@@H](OC(=O)c1ccc([N+](=O)[O-])cc1N)C(=O)Nc1cccc(Br)c1. The van der Waals surface area contributed by atoms with Crippen molar-refractivity contribution in [2.24, 2.45) is 0 Å². The zero-order valence-electron chi connectivity index (χ0n) is 13.1. The van der Waals surface area contributed by atoms with Crippen LogP contribution in [-0.2, 0) is 9.53 Å². The summed E-state index contributed by atoms with van der Waals surface area (Å²) in [5.74, 6) is -1.36. The normalized spacial score (nSPS) is 11.4. The Morgan fingerprint density at radius 1 is 1.28 bits per heavy atom. The van der Waals surface area contributed by atoms with E-state index in [9.17, 15) is 19.7 Å². The highest BCUT2D eigenvalue weighted by Crippen LogP contribution is 2.21. The van der Waals surface area contributed by atoms with Gasteiger partial charge in [0.05, 0.1) is 16.2 Å². The van der Waals surface area contributed by atoms with Crippen molar-refractivity contribution in [2.45, 2.75) is 13.0 Å². The minimum atomic E-state index is -1.08. The van der Waals surface area contributed by atoms with Crippen LogP contribution in [0.2, 0.25) is 0 Å². The first kappa shape index (κ1) is 18.4. The Morgan fingerprint density at radius 2 is 2.00 bits per heavy atom. The number of nitro groups is 1. The van der Waals surface area contributed by atoms with Gasteiger partial charge in [0.15, 0.2) is 6.10 Å². The number of anilines is 2. The number of nitrogens with two attached hydrogens (primary N) is 1. The molecule has 0 unspecified atom stereocenters. The molecule has 0 fully saturated rings. The maximum Gasteiger partial charge on any atom is 0.341 e. The molecule has 0 bridgehead atoms. The summed E-state index contributed by atoms with van der Waals surface area (Å²) in [5, 5.41) is 13.3. The molecule has 0 saturated carbocycles. The number of carbonyl (C=O) groups excluding carboxylic acids is 2. The molecule has 0 spiro atoms. The van der Waals surface area contributed by atoms with Crippen LogP contribution in [0.25, 0.3) is 0 Å². The lowest BCUT2D eigenvalue weighted by Gasteiger charge is -2.14. The van der Waals surface area contributed by atoms with Gasteiger partial charge in [-0.05, 0) is 31.2 Å². The average Bonchev–Trinajstić information content (AvgIpc) is 2.54. The number of nitrogens with one attached hydrogen (secondary N) is 1. The largest absolute Gasteiger partial charge is 0.449 e. The van der Waals surface area contributed by atoms with Gasteiger partial charge in [-0.2, -0.15) is 0 Å². The van der Waals surface area contributed by atoms with E-state index < -0.39 is 22.9 Å². The van der Waals surface area contributed by atoms with E-state index in [0.717, 1.165) is 16.6 Å². The van der Waals surface area contributed by atoms with Crippen LogP contribution in [0.15, 0.2) is 46.9 Å². The second-order valence-corrected chi connectivity index (χ2v) is 5.99. The maximum absolute atomic E-state index is 12.1. The number of rotatable bonds is 5. The molecule has 0 aromatic heterocycles. The van der Waals surface area contributed by atoms with Gasteiger partial charge in [0, 0.05) is 22.3 Å². The molecule has 3 N–H and O–H groups in total. The summed E-state index contributed by atoms with van der Waals surface area (Å²) in [5.41, 5.74) is 5.79. The first-order chi connectivity index (χ1) is 11.8. The summed E-state index contributed by atoms with van der Waals surface area (Å²) in [4.78, 5) is 34.3. The summed E-state index contributed by atoms with van der Waals surface area (Å²) in [6, 6.07) is 10.3. The number of halogens is 1. The van der Waals surface area contributed by atoms with Crippen molar-refractivity contribution >= 4 is 44.9 Å². The van der Waals surface area contributed by atoms with Gasteiger partial charge < -0.3 is 15.8 Å². The van der Waals surface area contributed by atoms with Crippen molar-refractivity contribution < 1.29 is 19.2 Å². The Hall–Kier alpha value is -2.94. The lowest BCUT2D eigenvalue weighted by molar-refractivity contribution is -0.384. The third-order valence-electron chi connectivity index (χ3n) is 3.21. The topological polar surface area (TPSA) is 125 Å². The van der Waals surface area contributed by atoms with Crippen LogP contribution in [0.4, 0.5) is 17.1 Å². The summed E-state index contributed by atoms with van der Waals surface area (Å²) in [7, 11) is 0. The first-order valence-corrected chi connectivity index (χ1v) is 7.88. The van der Waals surface area contributed by atoms with Crippen LogP contribution in [0.3, 0.4) is 0 Å². The Morgan fingerprint density at radius 3 is 2.60 bits per heavy atom. The number of carbonyl (C=O) groups is 2. The summed E-state index contributed by atoms with van der Waals surface area (Å²) < 4.78 is 5.86. The number of hydrogen-bond donors (Lipinski definition) is 2. The average molecular weight is 408 g/mol. The van der Waals surface area contributed by atoms with E-state index in [2.05, 4.69) is 21.2 Å². The monoisotopic (exact) mass is 407 g/mol. The zero-order valence-corrected chi connectivity index (χ0v) is 14.6. The summed E-state index contributed by atoms with van der Waals surface area (Å²) in [6.45, 7) is 1.41. The first-order valence-electron chi connectivity index (χ1n) is 7.09. The molecule has 0 heterocycles. The fourth-order valence-corrected chi connectivity index (χ4v) is 2.34. The second-order valence-electron chi connectivity index (χ2n) is 5.08. The molecule has 25 heavy (non-hydrogen) atoms. The maximum atomic E-state index is 12.1. The van der Waals surface area contributed by atoms with Gasteiger partial charge >= 0.3 is 5.97 Å². The minimum Gasteiger partial charge on any atom is -0.449 e. The molecule has 1 amide bonds. The number of nitrogens with zero attached hydrogens (tertiary/aromatic N) is 1. The van der Waals surface area contributed by atoms with Crippen LogP contribution in [0.1, 0.15) is 17.3 Å². The number of non-ortho nitro benzene ring substituents is 1. The lowest BCUT2D eigenvalue weighted by Crippen LogP contribution is -2.30. The number of ether oxygens (including phenoxy) is 1. The number of amides is 1. The molecular formula is C16H14BrN3O5. The van der Waals surface area contributed by atoms with Crippen LogP contribution in [0.5, 0.6) is 0 Å². The Kier molecular flexibility index (Phi) is 5.71. The van der Waals surface area contributed by atoms with Gasteiger partial charge in [-0.1, -0.05) is 22.0 Å². The third kappa shape index (κ3) is 4.77. The van der Waals surface area contributed by atoms with Gasteiger partial charge in [-0.15, -0.1) is 0 Å². The smallest absolute Gasteiger partial charge is 0.341 e. The number of nitrogen functional groups attached to an aromatic ring is 1. The van der Waals surface area contributed by atoms with Crippen molar-refractivity contribution in [1.82, 2.24) is 0 Å². The van der Waals surface area contributed by atoms with Crippen LogP contribution in [-0.4, -0.2) is 22.9 Å². The van der Waals surface area contributed by atoms with Crippen molar-refractivity contribution in [1.29, 1.82) is 0 Å². The third-order valence-corrected chi connectivity index (χ3v) is 3.70. The van der Waals surface area contributed by atoms with Gasteiger partial charge in [0.2, 0.25) is 0 Å². The molecule has 0 radical (unpaired) electrons. The molecule has 1 atom stereocenters. The highest BCUT2D eigenvalue weighted by Gasteiger charge is 2.21. The van der Waals surface area contributed by atoms with Gasteiger partial charge in [-0.3, -0.25) is 14.9 Å². The molecule has 9 heteroatoms. The Bertz CT molecular complexity index is 840. The number of hydrogen-bond acceptors (Lipinski definition) is 6. The number of benzene rings is 2. The second kappa shape index (κ2) is 7.75. The Labute approximate surface area is 151 Å². The van der Waals surface area contributed by atoms with E-state index >= 15 is 0 Å². The van der Waals surface area contributed by atoms with E-state index in [4.69, 9.17) is 10.5 Å². The zero-order chi connectivity index (χ0) is 18.6. The van der Waals surface area contributed by atoms with E-state index in [1.54, 1.807) is 24.3 Å². The molecule has 0 saturated heterocycles. The molecule has 130 valence electrons. The van der Waals surface area contributed by atoms with Crippen molar-refractivity contribution in [3.05, 3.63) is 62.6 Å². The van der Waals surface area contributed by atoms with Gasteiger partial charge in [0.25, 0.3) is 11.6 Å². The van der Waals surface area contributed by atoms with Gasteiger partial charge in [0.1, 0.15) is 0 Å². The molecule has 0 aliphatic rings. The fraction of sp³-hybridized carbons (Fsp3) is 0.125. The minimum absolute atomic E-state index is 0.0484. The molecule has 2 aromatic carbocycles. The summed E-state index contributed by atoms with van der Waals surface area (Å²) >= 11 is 3.29. The van der Waals surface area contributed by atoms with E-state index in [1.807, 2.05) is 0 Å². The van der Waals surface area contributed by atoms with Crippen LogP contribution in [0, 0.1) is 10.1 Å². The standard InChI is InChI=1S/C16H14BrN3O5/c1-9(15(21)19-11-4-2-3-10(17)7-11)25-16(22)13-6-5-12(20(23)24)8-14(13)18/h2-9H,18H2,1H3,(H,19,21)/t9-/m1/s1. The van der Waals surface area contributed by atoms with E-state index in [-0.39, 0.29) is 16.9 Å². The molecule has 2 aromatic rings. The van der Waals surface area contributed by atoms with Crippen molar-refractivity contribution in [3.8, 4) is 0 Å². The quantitative estimate of drug-likeness (QED) is 0.339. The van der Waals surface area contributed by atoms with Crippen LogP contribution < -0.4 is 11.1 Å². The molecule has 2 rings (SSSR count). The van der Waals surface area contributed by atoms with Crippen molar-refractivity contribution in [3.63, 3.8) is 0 Å². The number of esters is 1. The van der Waals surface area contributed by atoms with E-state index in [1.165, 1.54) is 13.0 Å². The fourth-order valence-electron chi connectivity index (χ4n) is 1.94. The lowest BCUT2D eigenvalue weighted by atomic mass is 10.1. The predicted octanol–water partition coefficient (Wildman–Crippen LogP) is 3.12. The highest BCUT2D eigenvalue weighted by atomic mass is 79.9. The van der Waals surface area contributed by atoms with E-state index in [0.29, 0.717) is 5.69 Å². The number of nitro benzene ring substituents is 1. The molecular weight excluding hydrogens is 394 g/mol. The van der Waals surface area contributed by atoms with Crippen LogP contribution >= 0.6 is 15.9 Å².